The second-order valence-corrected chi connectivity index (χ2v) is 7.49. The third-order valence-corrected chi connectivity index (χ3v) is 5.66. The van der Waals surface area contributed by atoms with Crippen LogP contribution in [0.4, 0.5) is 0 Å². The molecular weight excluding hydrogens is 306 g/mol. The first-order valence-electron chi connectivity index (χ1n) is 9.51. The van der Waals surface area contributed by atoms with Crippen LogP contribution in [0, 0.1) is 0 Å². The molecule has 3 fully saturated rings. The fraction of sp³-hybridized carbons (Fsp3) is 0.889. The highest BCUT2D eigenvalue weighted by atomic mass is 16.5. The first kappa shape index (κ1) is 17.7. The molecule has 0 N–H and O–H groups in total. The smallest absolute Gasteiger partial charge is 0.248 e. The molecule has 0 aliphatic carbocycles. The van der Waals surface area contributed by atoms with Crippen molar-refractivity contribution < 1.29 is 14.3 Å². The molecule has 24 heavy (non-hydrogen) atoms. The molecule has 0 bridgehead atoms. The predicted octanol–water partition coefficient (Wildman–Crippen LogP) is 1.10. The summed E-state index contributed by atoms with van der Waals surface area (Å²) in [6.45, 7) is 4.62. The number of nitrogens with zero attached hydrogens (tertiary/aromatic N) is 3. The molecule has 3 aliphatic rings. The minimum Gasteiger partial charge on any atom is -0.368 e. The van der Waals surface area contributed by atoms with Crippen LogP contribution in [0.25, 0.3) is 0 Å². The molecule has 0 spiro atoms. The average molecular weight is 337 g/mol. The Morgan fingerprint density at radius 1 is 1.08 bits per heavy atom. The van der Waals surface area contributed by atoms with E-state index < -0.39 is 0 Å². The number of likely N-dealkylation sites (tertiary alicyclic amines) is 3. The quantitative estimate of drug-likeness (QED) is 0.771. The van der Waals surface area contributed by atoms with Gasteiger partial charge in [0.25, 0.3) is 0 Å². The minimum absolute atomic E-state index is 0.0862. The van der Waals surface area contributed by atoms with Gasteiger partial charge in [-0.25, -0.2) is 0 Å². The molecule has 2 amide bonds. The normalized spacial score (nSPS) is 27.5. The van der Waals surface area contributed by atoms with Crippen LogP contribution in [-0.2, 0) is 14.3 Å². The monoisotopic (exact) mass is 337 g/mol. The molecule has 3 aliphatic heterocycles. The second kappa shape index (κ2) is 8.30. The van der Waals surface area contributed by atoms with Crippen LogP contribution in [0.1, 0.15) is 44.9 Å². The van der Waals surface area contributed by atoms with Gasteiger partial charge < -0.3 is 19.4 Å². The summed E-state index contributed by atoms with van der Waals surface area (Å²) >= 11 is 0. The summed E-state index contributed by atoms with van der Waals surface area (Å²) in [5.41, 5.74) is 0. The van der Waals surface area contributed by atoms with Crippen molar-refractivity contribution in [2.75, 3.05) is 46.4 Å². The molecule has 3 heterocycles. The largest absolute Gasteiger partial charge is 0.368 e. The molecule has 3 saturated heterocycles. The zero-order valence-corrected chi connectivity index (χ0v) is 14.9. The van der Waals surface area contributed by atoms with Crippen LogP contribution in [0.5, 0.6) is 0 Å². The number of carbonyl (C=O) groups is 2. The Labute approximate surface area is 145 Å². The van der Waals surface area contributed by atoms with Gasteiger partial charge in [-0.3, -0.25) is 9.59 Å². The number of carbonyl (C=O) groups excluding carboxylic acids is 2. The lowest BCUT2D eigenvalue weighted by Gasteiger charge is -2.41. The summed E-state index contributed by atoms with van der Waals surface area (Å²) in [4.78, 5) is 30.8. The Kier molecular flexibility index (Phi) is 6.11. The maximum Gasteiger partial charge on any atom is 0.248 e. The van der Waals surface area contributed by atoms with E-state index in [0.717, 1.165) is 64.7 Å². The minimum atomic E-state index is 0.0862. The Bertz CT molecular complexity index is 449. The number of hydrogen-bond acceptors (Lipinski definition) is 4. The maximum atomic E-state index is 12.5. The summed E-state index contributed by atoms with van der Waals surface area (Å²) in [5, 5.41) is 0. The van der Waals surface area contributed by atoms with Crippen LogP contribution in [0.3, 0.4) is 0 Å². The number of ether oxygens (including phenoxy) is 1. The predicted molar refractivity (Wildman–Crippen MR) is 91.6 cm³/mol. The van der Waals surface area contributed by atoms with Crippen molar-refractivity contribution in [3.8, 4) is 0 Å². The van der Waals surface area contributed by atoms with Gasteiger partial charge in [0.15, 0.2) is 0 Å². The number of rotatable bonds is 4. The fourth-order valence-corrected chi connectivity index (χ4v) is 4.08. The second-order valence-electron chi connectivity index (χ2n) is 7.49. The molecule has 136 valence electrons. The SMILES string of the molecule is CN1CCC(OCC(=O)N2CCCC(N3CCCCC3=O)C2)CC1. The van der Waals surface area contributed by atoms with E-state index in [0.29, 0.717) is 13.0 Å². The zero-order chi connectivity index (χ0) is 16.9. The lowest BCUT2D eigenvalue weighted by Crippen LogP contribution is -2.53. The lowest BCUT2D eigenvalue weighted by molar-refractivity contribution is -0.145. The highest BCUT2D eigenvalue weighted by Gasteiger charge is 2.31. The maximum absolute atomic E-state index is 12.5. The van der Waals surface area contributed by atoms with Gasteiger partial charge in [0.2, 0.25) is 11.8 Å². The summed E-state index contributed by atoms with van der Waals surface area (Å²) in [5.74, 6) is 0.353. The highest BCUT2D eigenvalue weighted by Crippen LogP contribution is 2.21. The van der Waals surface area contributed by atoms with Crippen LogP contribution in [-0.4, -0.2) is 85.0 Å². The molecule has 6 heteroatoms. The van der Waals surface area contributed by atoms with Crippen LogP contribution >= 0.6 is 0 Å². The van der Waals surface area contributed by atoms with E-state index in [9.17, 15) is 9.59 Å². The van der Waals surface area contributed by atoms with Crippen molar-refractivity contribution in [1.29, 1.82) is 0 Å². The van der Waals surface area contributed by atoms with Gasteiger partial charge in [-0.15, -0.1) is 0 Å². The van der Waals surface area contributed by atoms with E-state index in [2.05, 4.69) is 11.9 Å². The molecule has 0 aromatic heterocycles. The first-order valence-corrected chi connectivity index (χ1v) is 9.51. The molecule has 1 unspecified atom stereocenters. The fourth-order valence-electron chi connectivity index (χ4n) is 4.08. The molecule has 0 aromatic carbocycles. The zero-order valence-electron chi connectivity index (χ0n) is 14.9. The highest BCUT2D eigenvalue weighted by molar-refractivity contribution is 5.79. The molecular formula is C18H31N3O3. The van der Waals surface area contributed by atoms with Crippen LogP contribution in [0.2, 0.25) is 0 Å². The van der Waals surface area contributed by atoms with E-state index in [1.54, 1.807) is 0 Å². The molecule has 1 atom stereocenters. The third kappa shape index (κ3) is 4.48. The van der Waals surface area contributed by atoms with Crippen molar-refractivity contribution in [2.24, 2.45) is 0 Å². The summed E-state index contributed by atoms with van der Waals surface area (Å²) < 4.78 is 5.85. The summed E-state index contributed by atoms with van der Waals surface area (Å²) in [7, 11) is 2.12. The molecule has 3 rings (SSSR count). The van der Waals surface area contributed by atoms with E-state index in [1.165, 1.54) is 0 Å². The number of piperidine rings is 3. The van der Waals surface area contributed by atoms with Gasteiger partial charge in [0.05, 0.1) is 6.10 Å². The Morgan fingerprint density at radius 3 is 2.62 bits per heavy atom. The van der Waals surface area contributed by atoms with Gasteiger partial charge in [-0.2, -0.15) is 0 Å². The Balaban J connectivity index is 1.45. The van der Waals surface area contributed by atoms with Crippen LogP contribution in [0.15, 0.2) is 0 Å². The van der Waals surface area contributed by atoms with Crippen molar-refractivity contribution in [3.63, 3.8) is 0 Å². The average Bonchev–Trinajstić information content (AvgIpc) is 2.61. The first-order chi connectivity index (χ1) is 11.6. The summed E-state index contributed by atoms with van der Waals surface area (Å²) in [6.07, 6.45) is 7.01. The Hall–Kier alpha value is -1.14. The topological polar surface area (TPSA) is 53.1 Å². The van der Waals surface area contributed by atoms with Crippen molar-refractivity contribution >= 4 is 11.8 Å². The molecule has 0 radical (unpaired) electrons. The van der Waals surface area contributed by atoms with Gasteiger partial charge in [0, 0.05) is 45.2 Å². The standard InChI is InChI=1S/C18H31N3O3/c1-19-11-7-16(8-12-19)24-14-18(23)20-9-4-5-15(13-20)21-10-3-2-6-17(21)22/h15-16H,2-14H2,1H3. The Morgan fingerprint density at radius 2 is 1.88 bits per heavy atom. The number of amides is 2. The van der Waals surface area contributed by atoms with Gasteiger partial charge in [-0.05, 0) is 45.6 Å². The van der Waals surface area contributed by atoms with Crippen LogP contribution < -0.4 is 0 Å². The summed E-state index contributed by atoms with van der Waals surface area (Å²) in [6, 6.07) is 0.207. The number of hydrogen-bond donors (Lipinski definition) is 0. The molecule has 6 nitrogen and oxygen atoms in total. The lowest BCUT2D eigenvalue weighted by atomic mass is 10.0. The van der Waals surface area contributed by atoms with Gasteiger partial charge >= 0.3 is 0 Å². The molecule has 0 saturated carbocycles. The van der Waals surface area contributed by atoms with Gasteiger partial charge in [0.1, 0.15) is 6.61 Å². The van der Waals surface area contributed by atoms with E-state index in [-0.39, 0.29) is 30.6 Å². The third-order valence-electron chi connectivity index (χ3n) is 5.66. The van der Waals surface area contributed by atoms with Gasteiger partial charge in [-0.1, -0.05) is 0 Å². The van der Waals surface area contributed by atoms with Crippen molar-refractivity contribution in [1.82, 2.24) is 14.7 Å². The van der Waals surface area contributed by atoms with E-state index in [1.807, 2.05) is 9.80 Å². The van der Waals surface area contributed by atoms with E-state index >= 15 is 0 Å². The molecule has 0 aromatic rings. The van der Waals surface area contributed by atoms with E-state index in [4.69, 9.17) is 4.74 Å². The van der Waals surface area contributed by atoms with Crippen molar-refractivity contribution in [2.45, 2.75) is 57.1 Å². The van der Waals surface area contributed by atoms with Crippen molar-refractivity contribution in [3.05, 3.63) is 0 Å².